The Balaban J connectivity index is 0.000000146. The molecule has 3 fully saturated rings. The van der Waals surface area contributed by atoms with E-state index in [1.165, 1.54) is 149 Å². The van der Waals surface area contributed by atoms with E-state index in [1.54, 1.807) is 77.6 Å². The Morgan fingerprint density at radius 2 is 0.604 bits per heavy atom. The van der Waals surface area contributed by atoms with E-state index in [2.05, 4.69) is 75.4 Å². The molecule has 0 amide bonds. The molecule has 30 nitrogen and oxygen atoms in total. The highest BCUT2D eigenvalue weighted by molar-refractivity contribution is 5.80. The van der Waals surface area contributed by atoms with Gasteiger partial charge in [0.25, 0.3) is 0 Å². The molecule has 111 heavy (non-hydrogen) atoms. The fourth-order valence-corrected chi connectivity index (χ4v) is 12.3. The number of nitrogens with zero attached hydrogens (tertiary/aromatic N) is 27. The van der Waals surface area contributed by atoms with Gasteiger partial charge < -0.3 is 46.6 Å². The summed E-state index contributed by atoms with van der Waals surface area (Å²) < 4.78 is 235. The Morgan fingerprint density at radius 3 is 0.901 bits per heavy atom. The first-order chi connectivity index (χ1) is 62.0. The monoisotopic (exact) mass is 1520 g/mol. The van der Waals surface area contributed by atoms with Crippen molar-refractivity contribution in [3.8, 4) is 33.4 Å². The van der Waals surface area contributed by atoms with Gasteiger partial charge in [0.2, 0.25) is 17.8 Å². The third-order valence-corrected chi connectivity index (χ3v) is 18.7. The molecule has 0 unspecified atom stereocenters. The van der Waals surface area contributed by atoms with Crippen LogP contribution in [0.1, 0.15) is 84.3 Å². The number of piperazine rings is 3. The van der Waals surface area contributed by atoms with Gasteiger partial charge in [0.05, 0.1) is 57.1 Å². The summed E-state index contributed by atoms with van der Waals surface area (Å²) in [6.45, 7) is -23.3. The van der Waals surface area contributed by atoms with Crippen molar-refractivity contribution in [2.24, 2.45) is 38.2 Å². The van der Waals surface area contributed by atoms with Crippen LogP contribution < -0.4 is 46.6 Å². The van der Waals surface area contributed by atoms with Crippen molar-refractivity contribution < 1.29 is 43.3 Å². The first-order valence-electron chi connectivity index (χ1n) is 45.0. The first kappa shape index (κ1) is 50.5. The van der Waals surface area contributed by atoms with Crippen molar-refractivity contribution in [2.75, 3.05) is 108 Å². The molecule has 3 aromatic carbocycles. The maximum atomic E-state index is 13.5. The zero-order chi connectivity index (χ0) is 96.1. The zero-order valence-electron chi connectivity index (χ0n) is 81.3. The van der Waals surface area contributed by atoms with E-state index < -0.39 is 106 Å². The average molecular weight is 1520 g/mol. The SMILES string of the molecule is [2H]C([2H])([2H])n1cc(-c2cc3c(N4C([2H])([2H])C([2H])([2H])N(c5ncc([C@](C)(N)c6ccc(F)cc6)cn5)C([2H])([2H])C4([2H])[2H])ncnn3c2)cn1.[2H]C1([2H])CN(c2ncnn3cc(-c4cnn(C([2H])([2H])[2H])c4)cc23)CC([2H])([2H])N1c1ncc([C@](C)(N)c2ccc(F)cc2)cn1.[2H]C1([2H])CN(c2ncnn3cc(-c4cnn(C)c4)cc23)CC([2H])([2H])N1c1ncc([C@](C)(N)c2ccc(F)cc2)cn1. The van der Waals surface area contributed by atoms with Crippen LogP contribution in [0.3, 0.4) is 0 Å². The number of fused-ring (bicyclic) bond motifs is 3. The maximum Gasteiger partial charge on any atom is 0.225 e. The third-order valence-electron chi connectivity index (χ3n) is 18.7. The highest BCUT2D eigenvalue weighted by atomic mass is 19.1. The van der Waals surface area contributed by atoms with Gasteiger partial charge in [0.15, 0.2) is 17.5 Å². The third kappa shape index (κ3) is 14.9. The summed E-state index contributed by atoms with van der Waals surface area (Å²) >= 11 is 0. The smallest absolute Gasteiger partial charge is 0.225 e. The minimum absolute atomic E-state index is 0.0365. The van der Waals surface area contributed by atoms with Gasteiger partial charge in [-0.2, -0.15) is 30.6 Å². The molecule has 3 aliphatic heterocycles. The van der Waals surface area contributed by atoms with E-state index in [0.717, 1.165) is 36.6 Å². The van der Waals surface area contributed by atoms with Crippen LogP contribution in [0.4, 0.5) is 48.5 Å². The number of benzene rings is 3. The van der Waals surface area contributed by atoms with Gasteiger partial charge in [-0.05, 0) is 92.1 Å². The molecular weight excluding hydrogens is 1410 g/mol. The molecule has 3 aliphatic rings. The summed E-state index contributed by atoms with van der Waals surface area (Å²) in [5.41, 5.74) is 23.7. The molecule has 0 saturated carbocycles. The second kappa shape index (κ2) is 29.8. The number of aryl methyl sites for hydroxylation is 3. The molecule has 3 atom stereocenters. The van der Waals surface area contributed by atoms with Gasteiger partial charge in [-0.3, -0.25) is 14.0 Å². The molecule has 33 heteroatoms. The lowest BCUT2D eigenvalue weighted by molar-refractivity contribution is 0.585. The Bertz CT molecular complexity index is 6740. The van der Waals surface area contributed by atoms with Crippen molar-refractivity contribution in [2.45, 2.75) is 37.4 Å². The number of anilines is 6. The van der Waals surface area contributed by atoms with E-state index in [-0.39, 0.29) is 70.6 Å². The maximum absolute atomic E-state index is 13.5. The molecule has 15 aromatic rings. The van der Waals surface area contributed by atoms with Crippen molar-refractivity contribution in [1.29, 1.82) is 0 Å². The molecule has 0 radical (unpaired) electrons. The molecular formula is C78H81F3N30. The second-order valence-corrected chi connectivity index (χ2v) is 26.3. The highest BCUT2D eigenvalue weighted by Gasteiger charge is 2.32. The summed E-state index contributed by atoms with van der Waals surface area (Å²) in [6.07, 6.45) is 25.5. The number of nitrogens with two attached hydrogens (primary N) is 3. The number of rotatable bonds is 15. The number of hydrogen-bond acceptors (Lipinski definition) is 24. The fourth-order valence-electron chi connectivity index (χ4n) is 12.3. The van der Waals surface area contributed by atoms with Crippen LogP contribution >= 0.6 is 0 Å². The summed E-state index contributed by atoms with van der Waals surface area (Å²) in [5.74, 6) is -2.01. The van der Waals surface area contributed by atoms with E-state index in [1.807, 2.05) is 25.5 Å². The molecule has 18 rings (SSSR count). The lowest BCUT2D eigenvalue weighted by atomic mass is 9.87. The minimum Gasteiger partial charge on any atom is -0.351 e. The van der Waals surface area contributed by atoms with Crippen molar-refractivity contribution >= 4 is 51.8 Å². The van der Waals surface area contributed by atoms with Gasteiger partial charge in [0, 0.05) is 232 Å². The van der Waals surface area contributed by atoms with Crippen LogP contribution in [0.25, 0.3) is 49.9 Å². The largest absolute Gasteiger partial charge is 0.351 e. The van der Waals surface area contributed by atoms with Gasteiger partial charge in [0.1, 0.15) is 53.0 Å². The topological polar surface area (TPSA) is 319 Å². The van der Waals surface area contributed by atoms with Crippen molar-refractivity contribution in [1.82, 2.24) is 103 Å². The van der Waals surface area contributed by atoms with E-state index in [9.17, 15) is 13.2 Å². The molecule has 6 N–H and O–H groups in total. The standard InChI is InChI=1S/3C26H27FN10/c3*1-26(28,20-3-5-22(27)6-4-20)21-13-29-25(30-14-21)36-9-7-35(8-10-36)24-23-11-18(16-37(23)33-17-31-24)19-12-32-34(2)15-19/h3*3-6,11-17H,7-10,28H2,1-2H3/t3*26-/m111/s1/i2D3,7D2,8D2,9D2,10D2;2D3,9D2,10D2;9D2,10D2. The number of aromatic nitrogens is 21. The zero-order valence-corrected chi connectivity index (χ0v) is 59.3. The van der Waals surface area contributed by atoms with Gasteiger partial charge >= 0.3 is 0 Å². The molecule has 0 bridgehead atoms. The normalized spacial score (nSPS) is 22.6. The van der Waals surface area contributed by atoms with E-state index in [0.29, 0.717) is 66.9 Å². The molecule has 3 saturated heterocycles. The van der Waals surface area contributed by atoms with Crippen LogP contribution in [0.5, 0.6) is 0 Å². The quantitative estimate of drug-likeness (QED) is 0.0880. The fraction of sp³-hybridized carbons (Fsp3) is 0.269. The lowest BCUT2D eigenvalue weighted by Gasteiger charge is -2.35. The molecule has 0 aliphatic carbocycles. The van der Waals surface area contributed by atoms with Crippen LogP contribution in [-0.2, 0) is 37.6 Å². The Morgan fingerprint density at radius 1 is 0.324 bits per heavy atom. The predicted octanol–water partition coefficient (Wildman–Crippen LogP) is 7.82. The Hall–Kier alpha value is -13.1. The number of hydrogen-bond donors (Lipinski definition) is 3. The first-order valence-corrected chi connectivity index (χ1v) is 34.0. The molecule has 15 heterocycles. The number of halogens is 3. The van der Waals surface area contributed by atoms with Gasteiger partial charge in [-0.1, -0.05) is 36.4 Å². The lowest BCUT2D eigenvalue weighted by Crippen LogP contribution is -2.47. The minimum atomic E-state index is -3.34. The van der Waals surface area contributed by atoms with Crippen molar-refractivity contribution in [3.63, 3.8) is 0 Å². The second-order valence-electron chi connectivity index (χ2n) is 26.3. The van der Waals surface area contributed by atoms with Crippen LogP contribution in [0.15, 0.2) is 203 Å². The average Bonchev–Trinajstić information content (AvgIpc) is 1.64. The van der Waals surface area contributed by atoms with Crippen LogP contribution in [0, 0.1) is 17.5 Å². The Labute approximate surface area is 666 Å². The summed E-state index contributed by atoms with van der Waals surface area (Å²) in [6, 6.07) is 21.8. The highest BCUT2D eigenvalue weighted by Crippen LogP contribution is 2.35. The van der Waals surface area contributed by atoms with Crippen molar-refractivity contribution in [3.05, 3.63) is 254 Å². The Kier molecular flexibility index (Phi) is 13.5. The molecule has 12 aromatic heterocycles. The molecule has 0 spiro atoms. The summed E-state index contributed by atoms with van der Waals surface area (Å²) in [4.78, 5) is 43.6. The summed E-state index contributed by atoms with van der Waals surface area (Å²) in [7, 11) is 1.83. The summed E-state index contributed by atoms with van der Waals surface area (Å²) in [5, 5.41) is 24.6. The van der Waals surface area contributed by atoms with E-state index >= 15 is 0 Å². The van der Waals surface area contributed by atoms with E-state index in [4.69, 9.17) is 47.4 Å². The van der Waals surface area contributed by atoms with Gasteiger partial charge in [-0.15, -0.1) is 0 Å². The molecule has 564 valence electrons. The van der Waals surface area contributed by atoms with Crippen LogP contribution in [0.2, 0.25) is 0 Å². The van der Waals surface area contributed by atoms with Gasteiger partial charge in [-0.25, -0.2) is 71.6 Å². The van der Waals surface area contributed by atoms with Crippen LogP contribution in [-0.4, -0.2) is 181 Å². The predicted molar refractivity (Wildman–Crippen MR) is 416 cm³/mol.